The zero-order valence-corrected chi connectivity index (χ0v) is 15.2. The van der Waals surface area contributed by atoms with E-state index >= 15 is 0 Å². The SMILES string of the molecule is CC(C)NS(=O)(=O)c1ccc(NC(=O)c2ccc(Br)s2)cc1. The predicted octanol–water partition coefficient (Wildman–Crippen LogP) is 3.45. The van der Waals surface area contributed by atoms with Crippen LogP contribution in [0.4, 0.5) is 5.69 Å². The third kappa shape index (κ3) is 4.39. The third-order valence-electron chi connectivity index (χ3n) is 2.61. The van der Waals surface area contributed by atoms with Crippen LogP contribution in [0.1, 0.15) is 23.5 Å². The predicted molar refractivity (Wildman–Crippen MR) is 91.9 cm³/mol. The number of hydrogen-bond donors (Lipinski definition) is 2. The Morgan fingerprint density at radius 1 is 1.14 bits per heavy atom. The van der Waals surface area contributed by atoms with E-state index in [2.05, 4.69) is 26.0 Å². The van der Waals surface area contributed by atoms with Crippen molar-refractivity contribution in [1.29, 1.82) is 0 Å². The van der Waals surface area contributed by atoms with Crippen molar-refractivity contribution in [3.63, 3.8) is 0 Å². The largest absolute Gasteiger partial charge is 0.321 e. The summed E-state index contributed by atoms with van der Waals surface area (Å²) in [5, 5.41) is 2.73. The first-order chi connectivity index (χ1) is 10.3. The minimum absolute atomic E-state index is 0.165. The molecule has 0 aliphatic rings. The number of rotatable bonds is 5. The van der Waals surface area contributed by atoms with Crippen molar-refractivity contribution in [2.75, 3.05) is 5.32 Å². The van der Waals surface area contributed by atoms with Gasteiger partial charge in [-0.25, -0.2) is 13.1 Å². The number of hydrogen-bond acceptors (Lipinski definition) is 4. The zero-order valence-electron chi connectivity index (χ0n) is 12.0. The van der Waals surface area contributed by atoms with Gasteiger partial charge in [0.1, 0.15) is 0 Å². The average Bonchev–Trinajstić information content (AvgIpc) is 2.85. The number of halogens is 1. The second-order valence-corrected chi connectivity index (χ2v) is 9.04. The molecule has 0 radical (unpaired) electrons. The Kier molecular flexibility index (Phi) is 5.38. The minimum Gasteiger partial charge on any atom is -0.321 e. The van der Waals surface area contributed by atoms with Crippen molar-refractivity contribution in [2.45, 2.75) is 24.8 Å². The summed E-state index contributed by atoms with van der Waals surface area (Å²) in [6, 6.07) is 9.39. The topological polar surface area (TPSA) is 75.3 Å². The highest BCUT2D eigenvalue weighted by Gasteiger charge is 2.15. The van der Waals surface area contributed by atoms with E-state index in [-0.39, 0.29) is 16.8 Å². The van der Waals surface area contributed by atoms with Gasteiger partial charge in [-0.2, -0.15) is 0 Å². The summed E-state index contributed by atoms with van der Waals surface area (Å²) in [5.41, 5.74) is 0.540. The molecule has 0 spiro atoms. The molecule has 2 aromatic rings. The third-order valence-corrected chi connectivity index (χ3v) is 5.91. The van der Waals surface area contributed by atoms with E-state index in [0.29, 0.717) is 10.6 Å². The summed E-state index contributed by atoms with van der Waals surface area (Å²) in [5.74, 6) is -0.230. The Morgan fingerprint density at radius 2 is 1.77 bits per heavy atom. The molecule has 0 saturated heterocycles. The van der Waals surface area contributed by atoms with Gasteiger partial charge >= 0.3 is 0 Å². The molecule has 22 heavy (non-hydrogen) atoms. The van der Waals surface area contributed by atoms with Gasteiger partial charge in [-0.1, -0.05) is 0 Å². The lowest BCUT2D eigenvalue weighted by Gasteiger charge is -2.10. The molecule has 118 valence electrons. The lowest BCUT2D eigenvalue weighted by Crippen LogP contribution is -2.30. The first-order valence-corrected chi connectivity index (χ1v) is 9.56. The Hall–Kier alpha value is -1.22. The highest BCUT2D eigenvalue weighted by atomic mass is 79.9. The van der Waals surface area contributed by atoms with Gasteiger partial charge in [-0.15, -0.1) is 11.3 Å². The summed E-state index contributed by atoms with van der Waals surface area (Å²) in [4.78, 5) is 12.7. The smallest absolute Gasteiger partial charge is 0.265 e. The van der Waals surface area contributed by atoms with Gasteiger partial charge in [0, 0.05) is 11.7 Å². The van der Waals surface area contributed by atoms with E-state index in [1.54, 1.807) is 38.1 Å². The number of nitrogens with one attached hydrogen (secondary N) is 2. The molecule has 8 heteroatoms. The quantitative estimate of drug-likeness (QED) is 0.803. The molecule has 2 N–H and O–H groups in total. The molecule has 2 rings (SSSR count). The molecule has 0 bridgehead atoms. The number of benzene rings is 1. The Morgan fingerprint density at radius 3 is 2.27 bits per heavy atom. The fraction of sp³-hybridized carbons (Fsp3) is 0.214. The molecule has 1 heterocycles. The van der Waals surface area contributed by atoms with Gasteiger partial charge in [0.15, 0.2) is 0 Å². The van der Waals surface area contributed by atoms with Gasteiger partial charge < -0.3 is 5.32 Å². The fourth-order valence-corrected chi connectivity index (χ4v) is 4.26. The van der Waals surface area contributed by atoms with Crippen LogP contribution in [0.2, 0.25) is 0 Å². The number of thiophene rings is 1. The second kappa shape index (κ2) is 6.91. The molecular weight excluding hydrogens is 388 g/mol. The minimum atomic E-state index is -3.52. The lowest BCUT2D eigenvalue weighted by molar-refractivity contribution is 0.103. The maximum atomic E-state index is 12.0. The van der Waals surface area contributed by atoms with Crippen LogP contribution in [-0.2, 0) is 10.0 Å². The van der Waals surface area contributed by atoms with Crippen LogP contribution in [0.5, 0.6) is 0 Å². The van der Waals surface area contributed by atoms with E-state index < -0.39 is 10.0 Å². The first-order valence-electron chi connectivity index (χ1n) is 6.47. The van der Waals surface area contributed by atoms with Crippen LogP contribution < -0.4 is 10.0 Å². The van der Waals surface area contributed by atoms with Gasteiger partial charge in [0.2, 0.25) is 10.0 Å². The molecule has 0 unspecified atom stereocenters. The molecule has 0 fully saturated rings. The van der Waals surface area contributed by atoms with Crippen LogP contribution >= 0.6 is 27.3 Å². The summed E-state index contributed by atoms with van der Waals surface area (Å²) < 4.78 is 27.4. The first kappa shape index (κ1) is 17.1. The standard InChI is InChI=1S/C14H15BrN2O3S2/c1-9(2)17-22(19,20)11-5-3-10(4-6-11)16-14(18)12-7-8-13(15)21-12/h3-9,17H,1-2H3,(H,16,18). The van der Waals surface area contributed by atoms with Gasteiger partial charge in [0.25, 0.3) is 5.91 Å². The van der Waals surface area contributed by atoms with Crippen molar-refractivity contribution >= 4 is 48.9 Å². The van der Waals surface area contributed by atoms with Gasteiger partial charge in [-0.3, -0.25) is 4.79 Å². The number of anilines is 1. The monoisotopic (exact) mass is 402 g/mol. The van der Waals surface area contributed by atoms with Crippen molar-refractivity contribution in [2.24, 2.45) is 0 Å². The van der Waals surface area contributed by atoms with Crippen LogP contribution in [0.25, 0.3) is 0 Å². The van der Waals surface area contributed by atoms with E-state index in [4.69, 9.17) is 0 Å². The lowest BCUT2D eigenvalue weighted by atomic mass is 10.3. The summed E-state index contributed by atoms with van der Waals surface area (Å²) in [6.07, 6.45) is 0. The number of carbonyl (C=O) groups is 1. The van der Waals surface area contributed by atoms with Crippen LogP contribution in [0.3, 0.4) is 0 Å². The average molecular weight is 403 g/mol. The second-order valence-electron chi connectivity index (χ2n) is 4.86. The molecular formula is C14H15BrN2O3S2. The van der Waals surface area contributed by atoms with E-state index in [1.165, 1.54) is 23.5 Å². The summed E-state index contributed by atoms with van der Waals surface area (Å²) >= 11 is 4.63. The molecule has 0 saturated carbocycles. The molecule has 0 aliphatic heterocycles. The van der Waals surface area contributed by atoms with Gasteiger partial charge in [0.05, 0.1) is 13.6 Å². The molecule has 0 atom stereocenters. The number of amides is 1. The highest BCUT2D eigenvalue weighted by Crippen LogP contribution is 2.23. The summed E-state index contributed by atoms with van der Waals surface area (Å²) in [6.45, 7) is 3.51. The Labute approximate surface area is 141 Å². The van der Waals surface area contributed by atoms with E-state index in [9.17, 15) is 13.2 Å². The van der Waals surface area contributed by atoms with Crippen molar-refractivity contribution < 1.29 is 13.2 Å². The summed E-state index contributed by atoms with van der Waals surface area (Å²) in [7, 11) is -3.52. The molecule has 0 aliphatic carbocycles. The van der Waals surface area contributed by atoms with Crippen LogP contribution in [-0.4, -0.2) is 20.4 Å². The number of carbonyl (C=O) groups excluding carboxylic acids is 1. The van der Waals surface area contributed by atoms with Crippen LogP contribution in [0, 0.1) is 0 Å². The maximum absolute atomic E-state index is 12.0. The molecule has 1 amide bonds. The van der Waals surface area contributed by atoms with Crippen LogP contribution in [0.15, 0.2) is 45.1 Å². The van der Waals surface area contributed by atoms with Crippen molar-refractivity contribution in [1.82, 2.24) is 4.72 Å². The van der Waals surface area contributed by atoms with Crippen molar-refractivity contribution in [3.8, 4) is 0 Å². The van der Waals surface area contributed by atoms with E-state index in [1.807, 2.05) is 0 Å². The normalized spacial score (nSPS) is 11.6. The van der Waals surface area contributed by atoms with Gasteiger partial charge in [-0.05, 0) is 66.2 Å². The van der Waals surface area contributed by atoms with Crippen molar-refractivity contribution in [3.05, 3.63) is 45.1 Å². The molecule has 1 aromatic heterocycles. The van der Waals surface area contributed by atoms with E-state index in [0.717, 1.165) is 3.79 Å². The Bertz CT molecular complexity index is 768. The molecule has 1 aromatic carbocycles. The maximum Gasteiger partial charge on any atom is 0.265 e. The molecule has 5 nitrogen and oxygen atoms in total. The highest BCUT2D eigenvalue weighted by molar-refractivity contribution is 9.11. The zero-order chi connectivity index (χ0) is 16.3. The Balaban J connectivity index is 2.11. The fourth-order valence-electron chi connectivity index (χ4n) is 1.72. The number of sulfonamides is 1.